The van der Waals surface area contributed by atoms with E-state index in [1.807, 2.05) is 18.4 Å². The number of hydrogen-bond acceptors (Lipinski definition) is 2. The van der Waals surface area contributed by atoms with Gasteiger partial charge in [0.05, 0.1) is 6.61 Å². The maximum atomic E-state index is 4.57. The molecule has 0 aliphatic carbocycles. The molecule has 3 heteroatoms. The highest BCUT2D eigenvalue weighted by Gasteiger charge is 1.99. The van der Waals surface area contributed by atoms with Gasteiger partial charge in [-0.05, 0) is 48.7 Å². The fraction of sp³-hybridized carbons (Fsp3) is 0.304. The topological polar surface area (TPSA) is 21.3 Å². The third-order valence-corrected chi connectivity index (χ3v) is 4.36. The lowest BCUT2D eigenvalue weighted by atomic mass is 10.0. The maximum Gasteiger partial charge on any atom is 0.0641 e. The Hall–Kier alpha value is -1.89. The average Bonchev–Trinajstić information content (AvgIpc) is 2.66. The molecule has 26 heavy (non-hydrogen) atoms. The number of hydrogen-bond donors (Lipinski definition) is 1. The van der Waals surface area contributed by atoms with Gasteiger partial charge < -0.3 is 10.1 Å². The zero-order valence-electron chi connectivity index (χ0n) is 16.5. The maximum absolute atomic E-state index is 4.57. The summed E-state index contributed by atoms with van der Waals surface area (Å²) in [5, 5.41) is 3.31. The van der Waals surface area contributed by atoms with E-state index in [0.717, 1.165) is 14.3 Å². The van der Waals surface area contributed by atoms with Gasteiger partial charge in [-0.15, -0.1) is 15.2 Å². The number of ether oxygens (including phenoxy) is 1. The van der Waals surface area contributed by atoms with Gasteiger partial charge in [-0.25, -0.2) is 0 Å². The first-order chi connectivity index (χ1) is 12.6. The van der Waals surface area contributed by atoms with E-state index in [9.17, 15) is 0 Å². The van der Waals surface area contributed by atoms with Gasteiger partial charge >= 0.3 is 0 Å². The molecule has 0 aliphatic rings. The molecule has 1 aromatic carbocycles. The Morgan fingerprint density at radius 1 is 1.23 bits per heavy atom. The Balaban J connectivity index is 0.00000110. The van der Waals surface area contributed by atoms with Crippen LogP contribution < -0.4 is 5.32 Å². The quantitative estimate of drug-likeness (QED) is 0.283. The van der Waals surface area contributed by atoms with Crippen LogP contribution in [0.5, 0.6) is 0 Å². The molecule has 2 nitrogen and oxygen atoms in total. The van der Waals surface area contributed by atoms with Gasteiger partial charge in [0.1, 0.15) is 0 Å². The second kappa shape index (κ2) is 16.6. The third-order valence-electron chi connectivity index (χ3n) is 3.61. The zero-order chi connectivity index (χ0) is 19.6. The van der Waals surface area contributed by atoms with Gasteiger partial charge in [0, 0.05) is 18.7 Å². The molecule has 0 saturated heterocycles. The fourth-order valence-electron chi connectivity index (χ4n) is 2.10. The fourth-order valence-corrected chi connectivity index (χ4v) is 2.64. The van der Waals surface area contributed by atoms with Gasteiger partial charge in [-0.1, -0.05) is 62.6 Å². The Bertz CT molecular complexity index is 572. The summed E-state index contributed by atoms with van der Waals surface area (Å²) in [4.78, 5) is 0. The minimum Gasteiger partial charge on any atom is -0.381 e. The molecule has 2 atom stereocenters. The van der Waals surface area contributed by atoms with Crippen LogP contribution in [0.1, 0.15) is 12.5 Å². The normalized spacial score (nSPS) is 12.5. The Morgan fingerprint density at radius 2 is 1.92 bits per heavy atom. The van der Waals surface area contributed by atoms with Gasteiger partial charge in [0.25, 0.3) is 0 Å². The van der Waals surface area contributed by atoms with Crippen molar-refractivity contribution in [3.05, 3.63) is 91.7 Å². The average molecular weight is 372 g/mol. The molecule has 0 aliphatic heterocycles. The number of anilines is 1. The minimum atomic E-state index is 0.317. The SMILES string of the molecule is C=C/C=C(\C=C)C(C)/C=C/Nc1ccc(CCPC)cc1.C=CCOC. The molecule has 1 N–H and O–H groups in total. The Morgan fingerprint density at radius 3 is 2.38 bits per heavy atom. The van der Waals surface area contributed by atoms with Crippen LogP contribution in [-0.2, 0) is 11.2 Å². The number of aryl methyl sites for hydroxylation is 1. The molecule has 0 aromatic heterocycles. The van der Waals surface area contributed by atoms with Crippen molar-refractivity contribution in [2.45, 2.75) is 13.3 Å². The van der Waals surface area contributed by atoms with Crippen LogP contribution in [0.15, 0.2) is 86.2 Å². The first kappa shape index (κ1) is 24.1. The molecule has 0 amide bonds. The minimum absolute atomic E-state index is 0.317. The van der Waals surface area contributed by atoms with Crippen LogP contribution in [0.2, 0.25) is 0 Å². The highest BCUT2D eigenvalue weighted by molar-refractivity contribution is 7.36. The summed E-state index contributed by atoms with van der Waals surface area (Å²) in [5.41, 5.74) is 3.70. The number of allylic oxidation sites excluding steroid dienone is 5. The molecular weight excluding hydrogens is 337 g/mol. The van der Waals surface area contributed by atoms with E-state index in [0.29, 0.717) is 12.5 Å². The molecular formula is C23H34NOP. The molecule has 1 rings (SSSR count). The largest absolute Gasteiger partial charge is 0.381 e. The van der Waals surface area contributed by atoms with Crippen molar-refractivity contribution in [2.24, 2.45) is 5.92 Å². The molecule has 0 spiro atoms. The van der Waals surface area contributed by atoms with Crippen molar-refractivity contribution in [3.8, 4) is 0 Å². The van der Waals surface area contributed by atoms with Crippen LogP contribution in [0.25, 0.3) is 0 Å². The first-order valence-electron chi connectivity index (χ1n) is 8.84. The molecule has 0 radical (unpaired) electrons. The Kier molecular flexibility index (Phi) is 15.4. The Labute approximate surface area is 162 Å². The van der Waals surface area contributed by atoms with E-state index in [1.165, 1.54) is 23.7 Å². The standard InChI is InChI=1S/C19H26NP.C4H8O/c1-5-7-18(6-2)16(3)12-14-20-19-10-8-17(9-11-19)13-15-21-4;1-3-4-5-2/h5-12,14,16,20-21H,1-2,13,15H2,3-4H3;3H,1,4H2,2H3/b14-12+,18-7+;. The van der Waals surface area contributed by atoms with E-state index in [-0.39, 0.29) is 0 Å². The predicted molar refractivity (Wildman–Crippen MR) is 122 cm³/mol. The van der Waals surface area contributed by atoms with E-state index < -0.39 is 0 Å². The van der Waals surface area contributed by atoms with E-state index in [4.69, 9.17) is 0 Å². The summed E-state index contributed by atoms with van der Waals surface area (Å²) in [6, 6.07) is 8.67. The second-order valence-corrected chi connectivity index (χ2v) is 6.90. The lowest BCUT2D eigenvalue weighted by Crippen LogP contribution is -1.95. The third kappa shape index (κ3) is 11.6. The highest BCUT2D eigenvalue weighted by atomic mass is 31.1. The summed E-state index contributed by atoms with van der Waals surface area (Å²) in [6.45, 7) is 16.0. The van der Waals surface area contributed by atoms with E-state index in [2.05, 4.69) is 73.7 Å². The van der Waals surface area contributed by atoms with Crippen LogP contribution in [-0.4, -0.2) is 26.5 Å². The van der Waals surface area contributed by atoms with E-state index >= 15 is 0 Å². The summed E-state index contributed by atoms with van der Waals surface area (Å²) >= 11 is 0. The van der Waals surface area contributed by atoms with E-state index in [1.54, 1.807) is 19.3 Å². The molecule has 0 heterocycles. The van der Waals surface area contributed by atoms with Gasteiger partial charge in [0.15, 0.2) is 0 Å². The number of benzene rings is 1. The highest BCUT2D eigenvalue weighted by Crippen LogP contribution is 2.15. The lowest BCUT2D eigenvalue weighted by molar-refractivity contribution is 0.234. The molecule has 2 unspecified atom stereocenters. The van der Waals surface area contributed by atoms with Crippen LogP contribution in [0.4, 0.5) is 5.69 Å². The van der Waals surface area contributed by atoms with Gasteiger partial charge in [-0.2, -0.15) is 0 Å². The molecule has 0 saturated carbocycles. The number of methoxy groups -OCH3 is 1. The van der Waals surface area contributed by atoms with Crippen molar-refractivity contribution in [3.63, 3.8) is 0 Å². The smallest absolute Gasteiger partial charge is 0.0641 e. The summed E-state index contributed by atoms with van der Waals surface area (Å²) in [5.74, 6) is 0.317. The van der Waals surface area contributed by atoms with Crippen molar-refractivity contribution >= 4 is 14.3 Å². The van der Waals surface area contributed by atoms with Crippen LogP contribution in [0.3, 0.4) is 0 Å². The van der Waals surface area contributed by atoms with Gasteiger partial charge in [0.2, 0.25) is 0 Å². The molecule has 142 valence electrons. The summed E-state index contributed by atoms with van der Waals surface area (Å²) < 4.78 is 4.57. The summed E-state index contributed by atoms with van der Waals surface area (Å²) in [6.07, 6.45) is 14.0. The lowest BCUT2D eigenvalue weighted by Gasteiger charge is -2.08. The number of rotatable bonds is 11. The number of nitrogens with one attached hydrogen (secondary N) is 1. The molecule has 1 aromatic rings. The molecule has 0 fully saturated rings. The first-order valence-corrected chi connectivity index (χ1v) is 10.5. The summed E-state index contributed by atoms with van der Waals surface area (Å²) in [7, 11) is 2.67. The van der Waals surface area contributed by atoms with Crippen molar-refractivity contribution in [1.29, 1.82) is 0 Å². The monoisotopic (exact) mass is 371 g/mol. The van der Waals surface area contributed by atoms with Crippen LogP contribution in [0, 0.1) is 5.92 Å². The van der Waals surface area contributed by atoms with Crippen molar-refractivity contribution in [1.82, 2.24) is 0 Å². The predicted octanol–water partition coefficient (Wildman–Crippen LogP) is 6.22. The second-order valence-electron chi connectivity index (χ2n) is 5.69. The van der Waals surface area contributed by atoms with Crippen molar-refractivity contribution in [2.75, 3.05) is 31.9 Å². The van der Waals surface area contributed by atoms with Crippen LogP contribution >= 0.6 is 8.58 Å². The van der Waals surface area contributed by atoms with Gasteiger partial charge in [-0.3, -0.25) is 0 Å². The van der Waals surface area contributed by atoms with Crippen molar-refractivity contribution < 1.29 is 4.74 Å². The molecule has 0 bridgehead atoms. The zero-order valence-corrected chi connectivity index (χ0v) is 17.5.